The van der Waals surface area contributed by atoms with Crippen LogP contribution >= 0.6 is 12.6 Å². The normalized spacial score (nSPS) is 16.1. The van der Waals surface area contributed by atoms with Crippen molar-refractivity contribution in [1.29, 1.82) is 0 Å². The Balaban J connectivity index is 4.22. The summed E-state index contributed by atoms with van der Waals surface area (Å²) in [6, 6.07) is -0.775. The molecule has 3 nitrogen and oxygen atoms in total. The van der Waals surface area contributed by atoms with Crippen LogP contribution in [0.3, 0.4) is 0 Å². The van der Waals surface area contributed by atoms with Crippen molar-refractivity contribution in [2.75, 3.05) is 7.02 Å². The highest BCUT2D eigenvalue weighted by Crippen LogP contribution is 2.16. The molecule has 1 atom stereocenters. The van der Waals surface area contributed by atoms with Crippen LogP contribution in [0.4, 0.5) is 0 Å². The van der Waals surface area contributed by atoms with Crippen molar-refractivity contribution in [1.82, 2.24) is 5.32 Å². The van der Waals surface area contributed by atoms with Gasteiger partial charge in [-0.05, 0) is 20.9 Å². The van der Waals surface area contributed by atoms with Gasteiger partial charge in [0.2, 0.25) is 0 Å². The lowest BCUT2D eigenvalue weighted by molar-refractivity contribution is -0.139. The Kier molecular flexibility index (Phi) is 2.56. The minimum Gasteiger partial charge on any atom is -0.480 e. The van der Waals surface area contributed by atoms with Gasteiger partial charge >= 0.3 is 5.97 Å². The van der Waals surface area contributed by atoms with E-state index in [-0.39, 0.29) is 7.02 Å². The molecule has 60 valence electrons. The fraction of sp³-hybridized carbons (Fsp3) is 0.833. The molecule has 2 N–H and O–H groups in total. The highest BCUT2D eigenvalue weighted by Gasteiger charge is 2.30. The molecule has 0 amide bonds. The summed E-state index contributed by atoms with van der Waals surface area (Å²) in [7, 11) is -0.110. The summed E-state index contributed by atoms with van der Waals surface area (Å²) in [4.78, 5) is 10.5. The number of carboxylic acid groups (broad SMARTS) is 1. The number of likely N-dealkylation sites (N-methyl/N-ethyl adjacent to an activating group) is 1. The summed E-state index contributed by atoms with van der Waals surface area (Å²) < 4.78 is 6.15. The molecule has 0 aromatic carbocycles. The Bertz CT molecular complexity index is 146. The molecule has 0 unspecified atom stereocenters. The molecule has 0 aliphatic rings. The first-order valence-electron chi connectivity index (χ1n) is 3.58. The van der Waals surface area contributed by atoms with Crippen molar-refractivity contribution in [2.24, 2.45) is 0 Å². The molecule has 10 heavy (non-hydrogen) atoms. The highest BCUT2D eigenvalue weighted by atomic mass is 32.1. The number of nitrogens with one attached hydrogen (secondary N) is 1. The molecule has 0 aromatic rings. The van der Waals surface area contributed by atoms with Crippen LogP contribution in [-0.2, 0) is 4.79 Å². The molecular formula is C6H13NO2S. The first-order valence-corrected chi connectivity index (χ1v) is 3.32. The third-order valence-electron chi connectivity index (χ3n) is 1.16. The first kappa shape index (κ1) is 7.88. The predicted molar refractivity (Wildman–Crippen MR) is 43.5 cm³/mol. The van der Waals surface area contributed by atoms with Gasteiger partial charge in [0, 0.05) is 6.12 Å². The maximum Gasteiger partial charge on any atom is 0.322 e. The van der Waals surface area contributed by atoms with Gasteiger partial charge in [-0.15, -0.1) is 0 Å². The molecule has 0 bridgehead atoms. The van der Waals surface area contributed by atoms with Gasteiger partial charge in [-0.25, -0.2) is 0 Å². The fourth-order valence-corrected chi connectivity index (χ4v) is 0.841. The maximum atomic E-state index is 10.5. The van der Waals surface area contributed by atoms with E-state index in [9.17, 15) is 4.79 Å². The SMILES string of the molecule is [2H]CN[C@H](C(=O)O)C(C)(C)S. The van der Waals surface area contributed by atoms with Crippen LogP contribution in [0.5, 0.6) is 0 Å². The summed E-state index contributed by atoms with van der Waals surface area (Å²) in [5.74, 6) is -0.975. The molecule has 0 spiro atoms. The van der Waals surface area contributed by atoms with Crippen LogP contribution in [0.2, 0.25) is 0 Å². The van der Waals surface area contributed by atoms with Crippen molar-refractivity contribution in [3.8, 4) is 0 Å². The summed E-state index contributed by atoms with van der Waals surface area (Å²) >= 11 is 4.10. The molecule has 0 aliphatic heterocycles. The lowest BCUT2D eigenvalue weighted by atomic mass is 10.0. The lowest BCUT2D eigenvalue weighted by Gasteiger charge is -2.25. The lowest BCUT2D eigenvalue weighted by Crippen LogP contribution is -2.47. The Labute approximate surface area is 67.6 Å². The second kappa shape index (κ2) is 3.25. The Morgan fingerprint density at radius 1 is 1.90 bits per heavy atom. The number of hydrogen-bond donors (Lipinski definition) is 3. The van der Waals surface area contributed by atoms with E-state index in [4.69, 9.17) is 6.48 Å². The number of carboxylic acids is 1. The summed E-state index contributed by atoms with van der Waals surface area (Å²) in [6.07, 6.45) is 0. The van der Waals surface area contributed by atoms with Gasteiger partial charge in [0.05, 0.1) is 0 Å². The van der Waals surface area contributed by atoms with Crippen LogP contribution in [0, 0.1) is 0 Å². The van der Waals surface area contributed by atoms with E-state index in [0.717, 1.165) is 0 Å². The van der Waals surface area contributed by atoms with E-state index in [2.05, 4.69) is 17.9 Å². The van der Waals surface area contributed by atoms with Crippen LogP contribution in [0.1, 0.15) is 15.2 Å². The van der Waals surface area contributed by atoms with E-state index in [1.165, 1.54) is 0 Å². The molecule has 0 aliphatic carbocycles. The Hall–Kier alpha value is -0.220. The largest absolute Gasteiger partial charge is 0.480 e. The van der Waals surface area contributed by atoms with Gasteiger partial charge in [0.15, 0.2) is 0 Å². The second-order valence-electron chi connectivity index (χ2n) is 2.63. The molecule has 0 saturated heterocycles. The van der Waals surface area contributed by atoms with E-state index < -0.39 is 16.8 Å². The molecule has 0 fully saturated rings. The zero-order chi connectivity index (χ0) is 9.07. The fourth-order valence-electron chi connectivity index (χ4n) is 0.639. The van der Waals surface area contributed by atoms with Crippen LogP contribution in [-0.4, -0.2) is 28.9 Å². The predicted octanol–water partition coefficient (Wildman–Crippen LogP) is 0.367. The molecule has 0 heterocycles. The van der Waals surface area contributed by atoms with Crippen LogP contribution in [0.15, 0.2) is 0 Å². The molecule has 4 heteroatoms. The van der Waals surface area contributed by atoms with Gasteiger partial charge in [0.1, 0.15) is 6.04 Å². The number of hydrogen-bond acceptors (Lipinski definition) is 3. The van der Waals surface area contributed by atoms with Crippen LogP contribution in [0.25, 0.3) is 0 Å². The second-order valence-corrected chi connectivity index (χ2v) is 3.78. The molecule has 0 saturated carbocycles. The minimum atomic E-state index is -0.975. The van der Waals surface area contributed by atoms with Crippen molar-refractivity contribution < 1.29 is 11.3 Å². The minimum absolute atomic E-state index is 0.110. The quantitative estimate of drug-likeness (QED) is 0.528. The van der Waals surface area contributed by atoms with Crippen LogP contribution < -0.4 is 5.32 Å². The molecule has 0 radical (unpaired) electrons. The number of carbonyl (C=O) groups is 1. The van der Waals surface area contributed by atoms with E-state index >= 15 is 0 Å². The number of rotatable bonds is 3. The average Bonchev–Trinajstić information content (AvgIpc) is 1.79. The average molecular weight is 164 g/mol. The van der Waals surface area contributed by atoms with E-state index in [1.807, 2.05) is 0 Å². The summed E-state index contributed by atoms with van der Waals surface area (Å²) in [5, 5.41) is 11.2. The first-order chi connectivity index (χ1) is 4.89. The molecular weight excluding hydrogens is 150 g/mol. The van der Waals surface area contributed by atoms with Gasteiger partial charge in [-0.2, -0.15) is 12.6 Å². The van der Waals surface area contributed by atoms with Crippen molar-refractivity contribution in [3.63, 3.8) is 0 Å². The molecule has 0 aromatic heterocycles. The Morgan fingerprint density at radius 3 is 2.50 bits per heavy atom. The van der Waals surface area contributed by atoms with Crippen molar-refractivity contribution in [2.45, 2.75) is 24.6 Å². The number of thiol groups is 1. The zero-order valence-electron chi connectivity index (χ0n) is 7.09. The van der Waals surface area contributed by atoms with Crippen molar-refractivity contribution >= 4 is 18.6 Å². The standard InChI is InChI=1S/C6H13NO2S/c1-6(2,10)4(7-3)5(8)9/h4,7,10H,1-3H3,(H,8,9)/t4-/m1/s1/i3D. The van der Waals surface area contributed by atoms with Crippen molar-refractivity contribution in [3.05, 3.63) is 0 Å². The van der Waals surface area contributed by atoms with Gasteiger partial charge in [0.25, 0.3) is 0 Å². The topological polar surface area (TPSA) is 49.3 Å². The van der Waals surface area contributed by atoms with E-state index in [0.29, 0.717) is 0 Å². The maximum absolute atomic E-state index is 10.5. The number of aliphatic carboxylic acids is 1. The van der Waals surface area contributed by atoms with Gasteiger partial charge in [-0.1, -0.05) is 0 Å². The summed E-state index contributed by atoms with van der Waals surface area (Å²) in [5.41, 5.74) is 0. The monoisotopic (exact) mass is 164 g/mol. The highest BCUT2D eigenvalue weighted by molar-refractivity contribution is 7.81. The zero-order valence-corrected chi connectivity index (χ0v) is 6.98. The van der Waals surface area contributed by atoms with E-state index in [1.54, 1.807) is 13.8 Å². The Morgan fingerprint density at radius 2 is 2.40 bits per heavy atom. The third-order valence-corrected chi connectivity index (χ3v) is 1.42. The van der Waals surface area contributed by atoms with Gasteiger partial charge < -0.3 is 10.4 Å². The smallest absolute Gasteiger partial charge is 0.322 e. The third kappa shape index (κ3) is 2.58. The molecule has 0 rings (SSSR count). The summed E-state index contributed by atoms with van der Waals surface area (Å²) in [6.45, 7) is 3.38. The van der Waals surface area contributed by atoms with Gasteiger partial charge in [-0.3, -0.25) is 4.79 Å².